The van der Waals surface area contributed by atoms with Gasteiger partial charge in [-0.05, 0) is 25.0 Å². The van der Waals surface area contributed by atoms with Crippen LogP contribution in [0.1, 0.15) is 28.8 Å². The monoisotopic (exact) mass is 342 g/mol. The van der Waals surface area contributed by atoms with Crippen molar-refractivity contribution in [2.75, 3.05) is 20.3 Å². The number of hydrogen-bond acceptors (Lipinski definition) is 5. The van der Waals surface area contributed by atoms with Gasteiger partial charge in [0.15, 0.2) is 0 Å². The second-order valence-electron chi connectivity index (χ2n) is 5.83. The van der Waals surface area contributed by atoms with Crippen LogP contribution in [0.15, 0.2) is 42.6 Å². The lowest BCUT2D eigenvalue weighted by Gasteiger charge is -2.11. The standard InChI is InChI=1S/C19H22N2O4/c1-23-17-7-3-2-5-14(17)11-21-19(22)15-8-9-18(20-12-15)25-13-16-6-4-10-24-16/h2-3,5,7-9,12,16H,4,6,10-11,13H2,1H3,(H,21,22). The molecular weight excluding hydrogens is 320 g/mol. The molecule has 0 bridgehead atoms. The lowest BCUT2D eigenvalue weighted by atomic mass is 10.2. The van der Waals surface area contributed by atoms with Crippen LogP contribution in [-0.2, 0) is 11.3 Å². The summed E-state index contributed by atoms with van der Waals surface area (Å²) in [6.07, 6.45) is 3.75. The predicted molar refractivity (Wildman–Crippen MR) is 92.9 cm³/mol. The fourth-order valence-corrected chi connectivity index (χ4v) is 2.68. The third-order valence-electron chi connectivity index (χ3n) is 4.07. The maximum absolute atomic E-state index is 12.2. The molecule has 2 aromatic rings. The van der Waals surface area contributed by atoms with Crippen LogP contribution >= 0.6 is 0 Å². The van der Waals surface area contributed by atoms with E-state index in [4.69, 9.17) is 14.2 Å². The van der Waals surface area contributed by atoms with Crippen LogP contribution in [0.2, 0.25) is 0 Å². The highest BCUT2D eigenvalue weighted by molar-refractivity contribution is 5.93. The Balaban J connectivity index is 1.51. The number of benzene rings is 1. The minimum atomic E-state index is -0.191. The van der Waals surface area contributed by atoms with E-state index in [1.54, 1.807) is 19.2 Å². The summed E-state index contributed by atoms with van der Waals surface area (Å²) in [4.78, 5) is 16.4. The quantitative estimate of drug-likeness (QED) is 0.837. The van der Waals surface area contributed by atoms with Gasteiger partial charge in [-0.25, -0.2) is 4.98 Å². The Morgan fingerprint density at radius 2 is 2.20 bits per heavy atom. The van der Waals surface area contributed by atoms with Gasteiger partial charge in [0, 0.05) is 31.0 Å². The van der Waals surface area contributed by atoms with Crippen LogP contribution in [0.25, 0.3) is 0 Å². The fraction of sp³-hybridized carbons (Fsp3) is 0.368. The number of ether oxygens (including phenoxy) is 3. The van der Waals surface area contributed by atoms with Gasteiger partial charge >= 0.3 is 0 Å². The molecule has 3 rings (SSSR count). The summed E-state index contributed by atoms with van der Waals surface area (Å²) in [7, 11) is 1.61. The van der Waals surface area contributed by atoms with Crippen molar-refractivity contribution in [1.29, 1.82) is 0 Å². The van der Waals surface area contributed by atoms with Crippen molar-refractivity contribution in [2.24, 2.45) is 0 Å². The second kappa shape index (κ2) is 8.48. The lowest BCUT2D eigenvalue weighted by molar-refractivity contribution is 0.0663. The van der Waals surface area contributed by atoms with Crippen LogP contribution in [0.5, 0.6) is 11.6 Å². The van der Waals surface area contributed by atoms with E-state index in [1.807, 2.05) is 24.3 Å². The molecule has 1 aliphatic heterocycles. The van der Waals surface area contributed by atoms with Gasteiger partial charge in [-0.15, -0.1) is 0 Å². The van der Waals surface area contributed by atoms with Gasteiger partial charge in [0.05, 0.1) is 18.8 Å². The molecule has 25 heavy (non-hydrogen) atoms. The molecule has 1 atom stereocenters. The summed E-state index contributed by atoms with van der Waals surface area (Å²) in [5, 5.41) is 2.87. The van der Waals surface area contributed by atoms with Crippen molar-refractivity contribution in [3.8, 4) is 11.6 Å². The number of methoxy groups -OCH3 is 1. The number of carbonyl (C=O) groups is 1. The van der Waals surface area contributed by atoms with E-state index < -0.39 is 0 Å². The van der Waals surface area contributed by atoms with E-state index in [0.29, 0.717) is 24.6 Å². The smallest absolute Gasteiger partial charge is 0.253 e. The Morgan fingerprint density at radius 3 is 2.92 bits per heavy atom. The summed E-state index contributed by atoms with van der Waals surface area (Å²) in [5.74, 6) is 1.06. The van der Waals surface area contributed by atoms with Gasteiger partial charge in [0.25, 0.3) is 5.91 Å². The Labute approximate surface area is 147 Å². The maximum Gasteiger partial charge on any atom is 0.253 e. The van der Waals surface area contributed by atoms with Gasteiger partial charge in [0.2, 0.25) is 5.88 Å². The Bertz CT molecular complexity index is 697. The molecule has 1 unspecified atom stereocenters. The number of para-hydroxylation sites is 1. The summed E-state index contributed by atoms with van der Waals surface area (Å²) >= 11 is 0. The molecule has 1 aliphatic rings. The van der Waals surface area contributed by atoms with Crippen molar-refractivity contribution in [1.82, 2.24) is 10.3 Å². The SMILES string of the molecule is COc1ccccc1CNC(=O)c1ccc(OCC2CCCO2)nc1. The molecule has 1 saturated heterocycles. The molecule has 0 saturated carbocycles. The second-order valence-corrected chi connectivity index (χ2v) is 5.83. The van der Waals surface area contributed by atoms with Gasteiger partial charge in [-0.3, -0.25) is 4.79 Å². The number of carbonyl (C=O) groups excluding carboxylic acids is 1. The zero-order chi connectivity index (χ0) is 17.5. The number of hydrogen-bond donors (Lipinski definition) is 1. The lowest BCUT2D eigenvalue weighted by Crippen LogP contribution is -2.23. The first kappa shape index (κ1) is 17.2. The molecule has 2 heterocycles. The van der Waals surface area contributed by atoms with Crippen molar-refractivity contribution >= 4 is 5.91 Å². The van der Waals surface area contributed by atoms with Crippen molar-refractivity contribution < 1.29 is 19.0 Å². The van der Waals surface area contributed by atoms with Crippen molar-refractivity contribution in [3.05, 3.63) is 53.7 Å². The van der Waals surface area contributed by atoms with E-state index in [9.17, 15) is 4.79 Å². The van der Waals surface area contributed by atoms with E-state index in [1.165, 1.54) is 6.20 Å². The number of nitrogens with zero attached hydrogens (tertiary/aromatic N) is 1. The molecule has 1 amide bonds. The topological polar surface area (TPSA) is 69.7 Å². The molecule has 1 N–H and O–H groups in total. The van der Waals surface area contributed by atoms with E-state index in [0.717, 1.165) is 30.8 Å². The van der Waals surface area contributed by atoms with Crippen LogP contribution in [-0.4, -0.2) is 37.3 Å². The van der Waals surface area contributed by atoms with Crippen molar-refractivity contribution in [2.45, 2.75) is 25.5 Å². The third kappa shape index (κ3) is 4.70. The van der Waals surface area contributed by atoms with Gasteiger partial charge in [-0.1, -0.05) is 18.2 Å². The molecule has 1 aromatic heterocycles. The first-order valence-electron chi connectivity index (χ1n) is 8.37. The number of pyridine rings is 1. The van der Waals surface area contributed by atoms with Gasteiger partial charge in [0.1, 0.15) is 12.4 Å². The Morgan fingerprint density at radius 1 is 1.32 bits per heavy atom. The molecule has 1 fully saturated rings. The van der Waals surface area contributed by atoms with E-state index in [2.05, 4.69) is 10.3 Å². The van der Waals surface area contributed by atoms with Gasteiger partial charge < -0.3 is 19.5 Å². The zero-order valence-corrected chi connectivity index (χ0v) is 14.2. The number of rotatable bonds is 7. The average molecular weight is 342 g/mol. The summed E-state index contributed by atoms with van der Waals surface area (Å²) in [6, 6.07) is 11.0. The van der Waals surface area contributed by atoms with Crippen LogP contribution < -0.4 is 14.8 Å². The number of aromatic nitrogens is 1. The first-order valence-corrected chi connectivity index (χ1v) is 8.37. The van der Waals surface area contributed by atoms with E-state index >= 15 is 0 Å². The molecule has 0 spiro atoms. The molecule has 132 valence electrons. The zero-order valence-electron chi connectivity index (χ0n) is 14.2. The van der Waals surface area contributed by atoms with Crippen LogP contribution in [0.3, 0.4) is 0 Å². The normalized spacial score (nSPS) is 16.4. The summed E-state index contributed by atoms with van der Waals surface area (Å²) in [5.41, 5.74) is 1.40. The highest BCUT2D eigenvalue weighted by Crippen LogP contribution is 2.17. The molecule has 6 heteroatoms. The molecule has 6 nitrogen and oxygen atoms in total. The number of amides is 1. The fourth-order valence-electron chi connectivity index (χ4n) is 2.68. The first-order chi connectivity index (χ1) is 12.3. The van der Waals surface area contributed by atoms with Gasteiger partial charge in [-0.2, -0.15) is 0 Å². The Hall–Kier alpha value is -2.60. The average Bonchev–Trinajstić information content (AvgIpc) is 3.18. The molecular formula is C19H22N2O4. The Kier molecular flexibility index (Phi) is 5.85. The highest BCUT2D eigenvalue weighted by atomic mass is 16.5. The highest BCUT2D eigenvalue weighted by Gasteiger charge is 2.16. The maximum atomic E-state index is 12.2. The summed E-state index contributed by atoms with van der Waals surface area (Å²) < 4.78 is 16.4. The summed E-state index contributed by atoms with van der Waals surface area (Å²) in [6.45, 7) is 1.68. The third-order valence-corrected chi connectivity index (χ3v) is 4.07. The minimum Gasteiger partial charge on any atom is -0.496 e. The van der Waals surface area contributed by atoms with E-state index in [-0.39, 0.29) is 12.0 Å². The van der Waals surface area contributed by atoms with Crippen LogP contribution in [0.4, 0.5) is 0 Å². The number of nitrogens with one attached hydrogen (secondary N) is 1. The minimum absolute atomic E-state index is 0.144. The predicted octanol–water partition coefficient (Wildman–Crippen LogP) is 2.58. The van der Waals surface area contributed by atoms with Crippen molar-refractivity contribution in [3.63, 3.8) is 0 Å². The largest absolute Gasteiger partial charge is 0.496 e. The molecule has 0 aliphatic carbocycles. The molecule has 1 aromatic carbocycles. The van der Waals surface area contributed by atoms with Crippen LogP contribution in [0, 0.1) is 0 Å². The molecule has 0 radical (unpaired) electrons.